The zero-order chi connectivity index (χ0) is 15.1. The molecule has 0 fully saturated rings. The van der Waals surface area contributed by atoms with Gasteiger partial charge >= 0.3 is 0 Å². The second kappa shape index (κ2) is 7.39. The summed E-state index contributed by atoms with van der Waals surface area (Å²) in [6.07, 6.45) is 0.602. The van der Waals surface area contributed by atoms with E-state index in [1.54, 1.807) is 7.11 Å². The molecule has 7 nitrogen and oxygen atoms in total. The standard InChI is InChI=1S/C14H17N3O4/c1-20-11-4-2-10(3-5-11)14-16-13(21-17-14)7-6-12(19)15-8-9-18/h2-5,18H,6-9H2,1H3,(H,15,19). The van der Waals surface area contributed by atoms with Crippen LogP contribution in [0.2, 0.25) is 0 Å². The molecular formula is C14H17N3O4. The Balaban J connectivity index is 1.92. The molecule has 21 heavy (non-hydrogen) atoms. The van der Waals surface area contributed by atoms with Gasteiger partial charge in [-0.3, -0.25) is 4.79 Å². The molecule has 1 heterocycles. The highest BCUT2D eigenvalue weighted by Gasteiger charge is 2.10. The van der Waals surface area contributed by atoms with E-state index in [9.17, 15) is 4.79 Å². The Morgan fingerprint density at radius 2 is 2.14 bits per heavy atom. The lowest BCUT2D eigenvalue weighted by Crippen LogP contribution is -2.26. The molecular weight excluding hydrogens is 274 g/mol. The van der Waals surface area contributed by atoms with Crippen LogP contribution in [0.15, 0.2) is 28.8 Å². The number of hydrogen-bond donors (Lipinski definition) is 2. The van der Waals surface area contributed by atoms with Crippen LogP contribution in [0, 0.1) is 0 Å². The number of aromatic nitrogens is 2. The van der Waals surface area contributed by atoms with Gasteiger partial charge in [0.15, 0.2) is 0 Å². The summed E-state index contributed by atoms with van der Waals surface area (Å²) < 4.78 is 10.2. The number of benzene rings is 1. The highest BCUT2D eigenvalue weighted by atomic mass is 16.5. The average molecular weight is 291 g/mol. The van der Waals surface area contributed by atoms with Crippen molar-refractivity contribution in [3.8, 4) is 17.1 Å². The molecule has 2 aromatic rings. The van der Waals surface area contributed by atoms with Crippen LogP contribution in [0.4, 0.5) is 0 Å². The Hall–Kier alpha value is -2.41. The van der Waals surface area contributed by atoms with Gasteiger partial charge in [0.2, 0.25) is 17.6 Å². The van der Waals surface area contributed by atoms with Crippen LogP contribution < -0.4 is 10.1 Å². The molecule has 0 aliphatic carbocycles. The van der Waals surface area contributed by atoms with Gasteiger partial charge in [0.1, 0.15) is 5.75 Å². The molecule has 0 radical (unpaired) electrons. The van der Waals surface area contributed by atoms with E-state index in [-0.39, 0.29) is 25.5 Å². The minimum Gasteiger partial charge on any atom is -0.497 e. The molecule has 1 aromatic heterocycles. The molecule has 0 aliphatic heterocycles. The van der Waals surface area contributed by atoms with E-state index in [1.165, 1.54) is 0 Å². The van der Waals surface area contributed by atoms with Crippen LogP contribution in [0.1, 0.15) is 12.3 Å². The van der Waals surface area contributed by atoms with E-state index >= 15 is 0 Å². The maximum atomic E-state index is 11.4. The van der Waals surface area contributed by atoms with Crippen molar-refractivity contribution in [2.24, 2.45) is 0 Å². The fourth-order valence-electron chi connectivity index (χ4n) is 1.72. The lowest BCUT2D eigenvalue weighted by atomic mass is 10.2. The third-order valence-corrected chi connectivity index (χ3v) is 2.82. The van der Waals surface area contributed by atoms with Crippen molar-refractivity contribution in [1.82, 2.24) is 15.5 Å². The van der Waals surface area contributed by atoms with E-state index in [4.69, 9.17) is 14.4 Å². The first-order chi connectivity index (χ1) is 10.2. The van der Waals surface area contributed by atoms with Crippen molar-refractivity contribution in [2.45, 2.75) is 12.8 Å². The molecule has 1 aromatic carbocycles. The van der Waals surface area contributed by atoms with Crippen LogP contribution in [0.25, 0.3) is 11.4 Å². The fraction of sp³-hybridized carbons (Fsp3) is 0.357. The lowest BCUT2D eigenvalue weighted by molar-refractivity contribution is -0.121. The highest BCUT2D eigenvalue weighted by molar-refractivity contribution is 5.76. The van der Waals surface area contributed by atoms with Crippen molar-refractivity contribution < 1.29 is 19.2 Å². The Kier molecular flexibility index (Phi) is 5.28. The monoisotopic (exact) mass is 291 g/mol. The Labute approximate surface area is 121 Å². The van der Waals surface area contributed by atoms with Crippen LogP contribution in [0.3, 0.4) is 0 Å². The molecule has 2 N–H and O–H groups in total. The quantitative estimate of drug-likeness (QED) is 0.782. The molecule has 0 atom stereocenters. The molecule has 7 heteroatoms. The van der Waals surface area contributed by atoms with Crippen LogP contribution in [-0.4, -0.2) is 41.4 Å². The SMILES string of the molecule is COc1ccc(-c2noc(CCC(=O)NCCO)n2)cc1. The summed E-state index contributed by atoms with van der Waals surface area (Å²) in [7, 11) is 1.60. The summed E-state index contributed by atoms with van der Waals surface area (Å²) >= 11 is 0. The summed E-state index contributed by atoms with van der Waals surface area (Å²) in [6.45, 7) is 0.174. The summed E-state index contributed by atoms with van der Waals surface area (Å²) in [6, 6.07) is 7.30. The zero-order valence-corrected chi connectivity index (χ0v) is 11.7. The molecule has 0 saturated heterocycles. The van der Waals surface area contributed by atoms with Crippen molar-refractivity contribution in [2.75, 3.05) is 20.3 Å². The van der Waals surface area contributed by atoms with E-state index in [1.807, 2.05) is 24.3 Å². The number of rotatable bonds is 7. The maximum Gasteiger partial charge on any atom is 0.227 e. The van der Waals surface area contributed by atoms with E-state index < -0.39 is 0 Å². The number of amides is 1. The Morgan fingerprint density at radius 1 is 1.38 bits per heavy atom. The van der Waals surface area contributed by atoms with Gasteiger partial charge in [0.05, 0.1) is 13.7 Å². The fourth-order valence-corrected chi connectivity index (χ4v) is 1.72. The first-order valence-corrected chi connectivity index (χ1v) is 6.57. The van der Waals surface area contributed by atoms with Gasteiger partial charge in [-0.15, -0.1) is 0 Å². The van der Waals surface area contributed by atoms with E-state index in [0.29, 0.717) is 18.1 Å². The molecule has 0 unspecified atom stereocenters. The molecule has 0 saturated carbocycles. The van der Waals surface area contributed by atoms with Gasteiger partial charge in [-0.25, -0.2) is 0 Å². The number of nitrogens with zero attached hydrogens (tertiary/aromatic N) is 2. The lowest BCUT2D eigenvalue weighted by Gasteiger charge is -2.00. The number of aliphatic hydroxyl groups is 1. The van der Waals surface area contributed by atoms with Gasteiger partial charge in [-0.1, -0.05) is 5.16 Å². The number of ether oxygens (including phenoxy) is 1. The van der Waals surface area contributed by atoms with Crippen molar-refractivity contribution in [1.29, 1.82) is 0 Å². The topological polar surface area (TPSA) is 97.5 Å². The third kappa shape index (κ3) is 4.28. The van der Waals surface area contributed by atoms with E-state index in [2.05, 4.69) is 15.5 Å². The van der Waals surface area contributed by atoms with Crippen LogP contribution >= 0.6 is 0 Å². The Morgan fingerprint density at radius 3 is 2.81 bits per heavy atom. The number of carbonyl (C=O) groups excluding carboxylic acids is 1. The molecule has 0 spiro atoms. The smallest absolute Gasteiger partial charge is 0.227 e. The van der Waals surface area contributed by atoms with Gasteiger partial charge in [-0.2, -0.15) is 4.98 Å². The number of hydrogen-bond acceptors (Lipinski definition) is 6. The number of carbonyl (C=O) groups is 1. The first-order valence-electron chi connectivity index (χ1n) is 6.57. The van der Waals surface area contributed by atoms with Crippen molar-refractivity contribution in [3.63, 3.8) is 0 Å². The van der Waals surface area contributed by atoms with Crippen LogP contribution in [0.5, 0.6) is 5.75 Å². The maximum absolute atomic E-state index is 11.4. The average Bonchev–Trinajstić information content (AvgIpc) is 3.00. The number of methoxy groups -OCH3 is 1. The van der Waals surface area contributed by atoms with E-state index in [0.717, 1.165) is 11.3 Å². The van der Waals surface area contributed by atoms with Gasteiger partial charge in [0, 0.05) is 24.9 Å². The third-order valence-electron chi connectivity index (χ3n) is 2.82. The summed E-state index contributed by atoms with van der Waals surface area (Å²) in [5.74, 6) is 1.47. The normalized spacial score (nSPS) is 10.4. The molecule has 0 aliphatic rings. The minimum atomic E-state index is -0.159. The van der Waals surface area contributed by atoms with Crippen LogP contribution in [-0.2, 0) is 11.2 Å². The second-order valence-corrected chi connectivity index (χ2v) is 4.31. The highest BCUT2D eigenvalue weighted by Crippen LogP contribution is 2.19. The summed E-state index contributed by atoms with van der Waals surface area (Å²) in [4.78, 5) is 15.6. The first kappa shape index (κ1) is 15.0. The number of aliphatic hydroxyl groups excluding tert-OH is 1. The summed E-state index contributed by atoms with van der Waals surface area (Å²) in [5.41, 5.74) is 0.815. The molecule has 112 valence electrons. The van der Waals surface area contributed by atoms with Crippen molar-refractivity contribution in [3.05, 3.63) is 30.2 Å². The summed E-state index contributed by atoms with van der Waals surface area (Å²) in [5, 5.41) is 15.0. The number of aryl methyl sites for hydroxylation is 1. The minimum absolute atomic E-state index is 0.0755. The van der Waals surface area contributed by atoms with Gasteiger partial charge in [0.25, 0.3) is 0 Å². The van der Waals surface area contributed by atoms with Crippen molar-refractivity contribution >= 4 is 5.91 Å². The molecule has 2 rings (SSSR count). The predicted molar refractivity (Wildman–Crippen MR) is 74.7 cm³/mol. The van der Waals surface area contributed by atoms with Gasteiger partial charge in [-0.05, 0) is 24.3 Å². The largest absolute Gasteiger partial charge is 0.497 e. The molecule has 1 amide bonds. The second-order valence-electron chi connectivity index (χ2n) is 4.31. The predicted octanol–water partition coefficient (Wildman–Crippen LogP) is 0.786. The zero-order valence-electron chi connectivity index (χ0n) is 11.7. The Bertz CT molecular complexity index is 580. The number of nitrogens with one attached hydrogen (secondary N) is 1. The molecule has 0 bridgehead atoms. The van der Waals surface area contributed by atoms with Gasteiger partial charge < -0.3 is 19.7 Å².